The molecule has 0 aromatic heterocycles. The molecule has 0 amide bonds. The van der Waals surface area contributed by atoms with E-state index in [4.69, 9.17) is 7.85 Å². The van der Waals surface area contributed by atoms with Gasteiger partial charge in [0.25, 0.3) is 0 Å². The molecule has 0 atom stereocenters. The van der Waals surface area contributed by atoms with E-state index in [0.717, 1.165) is 11.7 Å². The number of alkyl halides is 1. The molecule has 0 aromatic rings. The monoisotopic (exact) mass is 202 g/mol. The first kappa shape index (κ1) is 10.5. The Balaban J connectivity index is 2.65. The SMILES string of the molecule is [B]CCCCCCCCBr. The lowest BCUT2D eigenvalue weighted by atomic mass is 9.98. The van der Waals surface area contributed by atoms with Gasteiger partial charge in [-0.3, -0.25) is 0 Å². The summed E-state index contributed by atoms with van der Waals surface area (Å²) in [6, 6.07) is 0. The summed E-state index contributed by atoms with van der Waals surface area (Å²) in [5, 5.41) is 1.16. The zero-order valence-corrected chi connectivity index (χ0v) is 8.20. The van der Waals surface area contributed by atoms with Crippen molar-refractivity contribution in [2.24, 2.45) is 0 Å². The summed E-state index contributed by atoms with van der Waals surface area (Å²) < 4.78 is 0. The van der Waals surface area contributed by atoms with Crippen LogP contribution in [0.15, 0.2) is 0 Å². The fraction of sp³-hybridized carbons (Fsp3) is 1.00. The minimum atomic E-state index is 0.860. The highest BCUT2D eigenvalue weighted by atomic mass is 79.9. The summed E-state index contributed by atoms with van der Waals surface area (Å²) in [6.45, 7) is 0. The minimum absolute atomic E-state index is 0.860. The smallest absolute Gasteiger partial charge is 0.0653 e. The summed E-state index contributed by atoms with van der Waals surface area (Å²) in [5.41, 5.74) is 0. The van der Waals surface area contributed by atoms with Crippen molar-refractivity contribution in [3.05, 3.63) is 0 Å². The Morgan fingerprint density at radius 2 is 1.30 bits per heavy atom. The van der Waals surface area contributed by atoms with E-state index in [2.05, 4.69) is 15.9 Å². The van der Waals surface area contributed by atoms with Gasteiger partial charge in [0.05, 0.1) is 7.85 Å². The molecule has 0 rings (SSSR count). The lowest BCUT2D eigenvalue weighted by molar-refractivity contribution is 0.627. The van der Waals surface area contributed by atoms with Crippen molar-refractivity contribution < 1.29 is 0 Å². The Morgan fingerprint density at radius 1 is 0.800 bits per heavy atom. The van der Waals surface area contributed by atoms with Crippen molar-refractivity contribution in [3.8, 4) is 0 Å². The van der Waals surface area contributed by atoms with Gasteiger partial charge in [-0.15, -0.1) is 0 Å². The van der Waals surface area contributed by atoms with Crippen molar-refractivity contribution in [1.82, 2.24) is 0 Å². The van der Waals surface area contributed by atoms with E-state index < -0.39 is 0 Å². The fourth-order valence-electron chi connectivity index (χ4n) is 0.946. The molecule has 58 valence electrons. The molecule has 0 aromatic carbocycles. The lowest BCUT2D eigenvalue weighted by Crippen LogP contribution is -1.79. The predicted molar refractivity (Wildman–Crippen MR) is 52.1 cm³/mol. The second-order valence-electron chi connectivity index (χ2n) is 2.60. The van der Waals surface area contributed by atoms with Gasteiger partial charge < -0.3 is 0 Å². The van der Waals surface area contributed by atoms with E-state index in [-0.39, 0.29) is 0 Å². The molecule has 0 fully saturated rings. The van der Waals surface area contributed by atoms with E-state index in [1.165, 1.54) is 38.5 Å². The van der Waals surface area contributed by atoms with Crippen LogP contribution >= 0.6 is 15.9 Å². The van der Waals surface area contributed by atoms with Crippen molar-refractivity contribution in [2.75, 3.05) is 5.33 Å². The summed E-state index contributed by atoms with van der Waals surface area (Å²) in [7, 11) is 5.36. The first-order valence-corrected chi connectivity index (χ1v) is 5.30. The molecule has 0 heterocycles. The van der Waals surface area contributed by atoms with Crippen molar-refractivity contribution in [2.45, 2.75) is 44.8 Å². The first-order valence-electron chi connectivity index (χ1n) is 4.18. The van der Waals surface area contributed by atoms with Crippen LogP contribution in [0.5, 0.6) is 0 Å². The Morgan fingerprint density at radius 3 is 1.80 bits per heavy atom. The third-order valence-corrected chi connectivity index (χ3v) is 2.15. The lowest BCUT2D eigenvalue weighted by Gasteiger charge is -1.97. The number of rotatable bonds is 7. The second-order valence-corrected chi connectivity index (χ2v) is 3.39. The zero-order valence-electron chi connectivity index (χ0n) is 6.61. The zero-order chi connectivity index (χ0) is 7.66. The first-order chi connectivity index (χ1) is 4.91. The summed E-state index contributed by atoms with van der Waals surface area (Å²) in [5.74, 6) is 0. The van der Waals surface area contributed by atoms with Gasteiger partial charge in [0.15, 0.2) is 0 Å². The van der Waals surface area contributed by atoms with Crippen LogP contribution in [-0.2, 0) is 0 Å². The van der Waals surface area contributed by atoms with Crippen LogP contribution in [0, 0.1) is 0 Å². The largest absolute Gasteiger partial charge is 0.0928 e. The summed E-state index contributed by atoms with van der Waals surface area (Å²) in [4.78, 5) is 0. The number of unbranched alkanes of at least 4 members (excludes halogenated alkanes) is 5. The normalized spacial score (nSPS) is 10.1. The molecule has 2 radical (unpaired) electrons. The Kier molecular flexibility index (Phi) is 10.1. The molecule has 10 heavy (non-hydrogen) atoms. The molecule has 0 saturated carbocycles. The van der Waals surface area contributed by atoms with Crippen LogP contribution < -0.4 is 0 Å². The average Bonchev–Trinajstić information content (AvgIpc) is 1.97. The fourth-order valence-corrected chi connectivity index (χ4v) is 1.34. The van der Waals surface area contributed by atoms with Crippen molar-refractivity contribution in [3.63, 3.8) is 0 Å². The molecule has 0 aliphatic heterocycles. The summed E-state index contributed by atoms with van der Waals surface area (Å²) in [6.07, 6.45) is 8.82. The molecule has 0 nitrogen and oxygen atoms in total. The van der Waals surface area contributed by atoms with Crippen molar-refractivity contribution in [1.29, 1.82) is 0 Å². The van der Waals surface area contributed by atoms with Crippen LogP contribution in [0.2, 0.25) is 6.32 Å². The second kappa shape index (κ2) is 9.54. The quantitative estimate of drug-likeness (QED) is 0.338. The standard InChI is InChI=1S/C8H16BBr/c9-7-5-3-1-2-4-6-8-10/h1-8H2. The highest BCUT2D eigenvalue weighted by molar-refractivity contribution is 9.09. The Labute approximate surface area is 74.3 Å². The molecule has 0 aliphatic rings. The molecule has 2 heteroatoms. The minimum Gasteiger partial charge on any atom is -0.0928 e. The molecule has 0 saturated heterocycles. The molecule has 0 unspecified atom stereocenters. The maximum absolute atomic E-state index is 5.36. The highest BCUT2D eigenvalue weighted by Gasteiger charge is 1.87. The van der Waals surface area contributed by atoms with Crippen LogP contribution in [0.3, 0.4) is 0 Å². The van der Waals surface area contributed by atoms with E-state index in [1.807, 2.05) is 0 Å². The molecule has 0 aliphatic carbocycles. The third-order valence-electron chi connectivity index (χ3n) is 1.59. The maximum Gasteiger partial charge on any atom is 0.0653 e. The Hall–Kier alpha value is 0.545. The molecular formula is C8H16BBr. The summed E-state index contributed by atoms with van der Waals surface area (Å²) >= 11 is 3.41. The van der Waals surface area contributed by atoms with Gasteiger partial charge >= 0.3 is 0 Å². The van der Waals surface area contributed by atoms with Gasteiger partial charge in [-0.05, 0) is 6.42 Å². The number of hydrogen-bond acceptors (Lipinski definition) is 0. The van der Waals surface area contributed by atoms with Gasteiger partial charge in [-0.25, -0.2) is 0 Å². The molecule has 0 spiro atoms. The van der Waals surface area contributed by atoms with E-state index in [1.54, 1.807) is 0 Å². The van der Waals surface area contributed by atoms with Crippen molar-refractivity contribution >= 4 is 23.8 Å². The maximum atomic E-state index is 5.36. The van der Waals surface area contributed by atoms with Gasteiger partial charge in [-0.2, -0.15) is 0 Å². The van der Waals surface area contributed by atoms with E-state index >= 15 is 0 Å². The van der Waals surface area contributed by atoms with E-state index in [0.29, 0.717) is 0 Å². The molecular weight excluding hydrogens is 187 g/mol. The third kappa shape index (κ3) is 8.54. The highest BCUT2D eigenvalue weighted by Crippen LogP contribution is 2.06. The predicted octanol–water partition coefficient (Wildman–Crippen LogP) is 3.31. The average molecular weight is 203 g/mol. The van der Waals surface area contributed by atoms with Crippen LogP contribution in [-0.4, -0.2) is 13.2 Å². The Bertz CT molecular complexity index is 49.2. The topological polar surface area (TPSA) is 0 Å². The van der Waals surface area contributed by atoms with Gasteiger partial charge in [-0.1, -0.05) is 54.4 Å². The van der Waals surface area contributed by atoms with Crippen LogP contribution in [0.1, 0.15) is 38.5 Å². The molecule has 0 bridgehead atoms. The van der Waals surface area contributed by atoms with Gasteiger partial charge in [0, 0.05) is 5.33 Å². The van der Waals surface area contributed by atoms with Crippen LogP contribution in [0.4, 0.5) is 0 Å². The van der Waals surface area contributed by atoms with Crippen LogP contribution in [0.25, 0.3) is 0 Å². The van der Waals surface area contributed by atoms with Gasteiger partial charge in [0.2, 0.25) is 0 Å². The number of hydrogen-bond donors (Lipinski definition) is 0. The van der Waals surface area contributed by atoms with E-state index in [9.17, 15) is 0 Å². The molecule has 0 N–H and O–H groups in total. The number of halogens is 1. The van der Waals surface area contributed by atoms with Gasteiger partial charge in [0.1, 0.15) is 0 Å².